The third-order valence-corrected chi connectivity index (χ3v) is 5.71. The smallest absolute Gasteiger partial charge is 0.282 e. The molecular weight excluding hydrogens is 428 g/mol. The van der Waals surface area contributed by atoms with Crippen molar-refractivity contribution in [3.63, 3.8) is 0 Å². The van der Waals surface area contributed by atoms with Gasteiger partial charge >= 0.3 is 0 Å². The summed E-state index contributed by atoms with van der Waals surface area (Å²) in [4.78, 5) is 28.4. The number of hydrogen-bond donors (Lipinski definition) is 1. The summed E-state index contributed by atoms with van der Waals surface area (Å²) in [5, 5.41) is 3.18. The van der Waals surface area contributed by atoms with E-state index in [-0.39, 0.29) is 17.7 Å². The highest BCUT2D eigenvalue weighted by Gasteiger charge is 2.40. The molecule has 1 N–H and O–H groups in total. The zero-order valence-electron chi connectivity index (χ0n) is 20.0. The van der Waals surface area contributed by atoms with Gasteiger partial charge in [-0.2, -0.15) is 0 Å². The lowest BCUT2D eigenvalue weighted by Crippen LogP contribution is -2.32. The molecule has 0 atom stereocenters. The third kappa shape index (κ3) is 4.53. The molecule has 0 spiro atoms. The number of anilines is 2. The van der Waals surface area contributed by atoms with E-state index in [0.717, 1.165) is 11.1 Å². The van der Waals surface area contributed by atoms with Gasteiger partial charge in [-0.05, 0) is 92.9 Å². The van der Waals surface area contributed by atoms with Crippen molar-refractivity contribution < 1.29 is 19.1 Å². The molecule has 3 aromatic rings. The first kappa shape index (κ1) is 23.1. The molecule has 1 aliphatic rings. The average Bonchev–Trinajstić information content (AvgIpc) is 3.06. The van der Waals surface area contributed by atoms with Crippen molar-refractivity contribution in [1.29, 1.82) is 0 Å². The van der Waals surface area contributed by atoms with E-state index in [9.17, 15) is 9.59 Å². The second kappa shape index (κ2) is 9.43. The van der Waals surface area contributed by atoms with E-state index in [2.05, 4.69) is 5.32 Å². The number of ether oxygens (including phenoxy) is 2. The molecule has 0 aromatic heterocycles. The Bertz CT molecular complexity index is 1260. The maximum atomic E-state index is 13.6. The topological polar surface area (TPSA) is 67.9 Å². The monoisotopic (exact) mass is 456 g/mol. The molecule has 3 aromatic carbocycles. The molecule has 6 heteroatoms. The molecule has 1 heterocycles. The molecule has 2 amide bonds. The highest BCUT2D eigenvalue weighted by Crippen LogP contribution is 2.35. The predicted octanol–water partition coefficient (Wildman–Crippen LogP) is 5.50. The normalized spacial score (nSPS) is 13.6. The predicted molar refractivity (Wildman–Crippen MR) is 134 cm³/mol. The second-order valence-electron chi connectivity index (χ2n) is 8.51. The minimum atomic E-state index is -0.411. The molecule has 0 radical (unpaired) electrons. The molecule has 0 bridgehead atoms. The minimum Gasteiger partial charge on any atom is -0.497 e. The van der Waals surface area contributed by atoms with Crippen LogP contribution in [0.3, 0.4) is 0 Å². The number of amides is 2. The summed E-state index contributed by atoms with van der Waals surface area (Å²) in [6, 6.07) is 20.0. The van der Waals surface area contributed by atoms with Crippen LogP contribution < -0.4 is 19.7 Å². The van der Waals surface area contributed by atoms with Crippen LogP contribution in [0.25, 0.3) is 5.57 Å². The molecule has 174 valence electrons. The zero-order chi connectivity index (χ0) is 24.4. The summed E-state index contributed by atoms with van der Waals surface area (Å²) in [6.07, 6.45) is 0.0271. The van der Waals surface area contributed by atoms with Gasteiger partial charge in [0.15, 0.2) is 0 Å². The van der Waals surface area contributed by atoms with Gasteiger partial charge in [-0.15, -0.1) is 0 Å². The molecule has 1 aliphatic heterocycles. The highest BCUT2D eigenvalue weighted by atomic mass is 16.5. The van der Waals surface area contributed by atoms with Gasteiger partial charge < -0.3 is 14.8 Å². The Labute approximate surface area is 199 Å². The van der Waals surface area contributed by atoms with Gasteiger partial charge in [-0.3, -0.25) is 9.59 Å². The van der Waals surface area contributed by atoms with Crippen molar-refractivity contribution in [3.8, 4) is 11.5 Å². The lowest BCUT2D eigenvalue weighted by molar-refractivity contribution is -0.120. The quantitative estimate of drug-likeness (QED) is 0.476. The Kier molecular flexibility index (Phi) is 6.41. The summed E-state index contributed by atoms with van der Waals surface area (Å²) in [5.74, 6) is 0.596. The van der Waals surface area contributed by atoms with E-state index in [1.165, 1.54) is 4.90 Å². The molecule has 0 unspecified atom stereocenters. The van der Waals surface area contributed by atoms with Gasteiger partial charge in [-0.1, -0.05) is 18.2 Å². The van der Waals surface area contributed by atoms with Crippen LogP contribution in [0, 0.1) is 13.8 Å². The number of rotatable bonds is 7. The van der Waals surface area contributed by atoms with Crippen LogP contribution in [-0.2, 0) is 9.59 Å². The van der Waals surface area contributed by atoms with Gasteiger partial charge in [-0.25, -0.2) is 4.90 Å². The lowest BCUT2D eigenvalue weighted by Gasteiger charge is -2.17. The number of nitrogens with one attached hydrogen (secondary N) is 1. The summed E-state index contributed by atoms with van der Waals surface area (Å²) >= 11 is 0. The van der Waals surface area contributed by atoms with Crippen LogP contribution in [0.2, 0.25) is 0 Å². The Morgan fingerprint density at radius 1 is 0.794 bits per heavy atom. The third-order valence-electron chi connectivity index (χ3n) is 5.71. The first-order valence-corrected chi connectivity index (χ1v) is 11.2. The molecule has 0 saturated heterocycles. The van der Waals surface area contributed by atoms with E-state index in [4.69, 9.17) is 9.47 Å². The molecular formula is C28H28N2O4. The summed E-state index contributed by atoms with van der Waals surface area (Å²) in [5.41, 5.74) is 4.60. The standard InChI is InChI=1S/C28H28N2O4/c1-17(2)34-24-14-10-22(11-15-24)30-27(31)25(20-7-6-18(3)19(4)16-20)26(28(30)32)29-21-8-12-23(33-5)13-9-21/h6-17,29H,1-5H3. The summed E-state index contributed by atoms with van der Waals surface area (Å²) in [6.45, 7) is 7.89. The van der Waals surface area contributed by atoms with E-state index in [0.29, 0.717) is 34.0 Å². The van der Waals surface area contributed by atoms with E-state index >= 15 is 0 Å². The fraction of sp³-hybridized carbons (Fsp3) is 0.214. The van der Waals surface area contributed by atoms with Crippen LogP contribution >= 0.6 is 0 Å². The lowest BCUT2D eigenvalue weighted by atomic mass is 9.99. The van der Waals surface area contributed by atoms with Gasteiger partial charge in [0, 0.05) is 5.69 Å². The van der Waals surface area contributed by atoms with Crippen LogP contribution in [0.1, 0.15) is 30.5 Å². The average molecular weight is 457 g/mol. The molecule has 6 nitrogen and oxygen atoms in total. The SMILES string of the molecule is COc1ccc(NC2=C(c3ccc(C)c(C)c3)C(=O)N(c3ccc(OC(C)C)cc3)C2=O)cc1. The van der Waals surface area contributed by atoms with Gasteiger partial charge in [0.2, 0.25) is 0 Å². The van der Waals surface area contributed by atoms with Crippen molar-refractivity contribution in [1.82, 2.24) is 0 Å². The number of carbonyl (C=O) groups excluding carboxylic acids is 2. The maximum Gasteiger partial charge on any atom is 0.282 e. The molecule has 0 aliphatic carbocycles. The Hall–Kier alpha value is -4.06. The fourth-order valence-electron chi connectivity index (χ4n) is 3.81. The van der Waals surface area contributed by atoms with Crippen molar-refractivity contribution in [2.24, 2.45) is 0 Å². The number of aryl methyl sites for hydroxylation is 2. The summed E-state index contributed by atoms with van der Waals surface area (Å²) in [7, 11) is 1.59. The maximum absolute atomic E-state index is 13.6. The van der Waals surface area contributed by atoms with E-state index in [1.807, 2.05) is 58.0 Å². The Morgan fingerprint density at radius 3 is 2.03 bits per heavy atom. The van der Waals surface area contributed by atoms with E-state index < -0.39 is 5.91 Å². The summed E-state index contributed by atoms with van der Waals surface area (Å²) < 4.78 is 10.9. The van der Waals surface area contributed by atoms with Crippen molar-refractivity contribution >= 4 is 28.8 Å². The molecule has 0 fully saturated rings. The van der Waals surface area contributed by atoms with E-state index in [1.54, 1.807) is 43.5 Å². The van der Waals surface area contributed by atoms with Gasteiger partial charge in [0.05, 0.1) is 24.5 Å². The van der Waals surface area contributed by atoms with Crippen LogP contribution in [0.15, 0.2) is 72.4 Å². The first-order valence-electron chi connectivity index (χ1n) is 11.2. The fourth-order valence-corrected chi connectivity index (χ4v) is 3.81. The Balaban J connectivity index is 1.75. The number of imide groups is 1. The van der Waals surface area contributed by atoms with Crippen LogP contribution in [0.5, 0.6) is 11.5 Å². The number of methoxy groups -OCH3 is 1. The van der Waals surface area contributed by atoms with Gasteiger partial charge in [0.1, 0.15) is 17.2 Å². The minimum absolute atomic E-state index is 0.0271. The molecule has 34 heavy (non-hydrogen) atoms. The zero-order valence-corrected chi connectivity index (χ0v) is 20.0. The highest BCUT2D eigenvalue weighted by molar-refractivity contribution is 6.46. The number of carbonyl (C=O) groups is 2. The van der Waals surface area contributed by atoms with Crippen molar-refractivity contribution in [2.75, 3.05) is 17.3 Å². The van der Waals surface area contributed by atoms with Gasteiger partial charge in [0.25, 0.3) is 11.8 Å². The van der Waals surface area contributed by atoms with Crippen molar-refractivity contribution in [2.45, 2.75) is 33.8 Å². The van der Waals surface area contributed by atoms with Crippen LogP contribution in [0.4, 0.5) is 11.4 Å². The number of benzene rings is 3. The molecule has 4 rings (SSSR count). The molecule has 0 saturated carbocycles. The number of nitrogens with zero attached hydrogens (tertiary/aromatic N) is 1. The van der Waals surface area contributed by atoms with Crippen LogP contribution in [-0.4, -0.2) is 25.0 Å². The van der Waals surface area contributed by atoms with Crippen molar-refractivity contribution in [3.05, 3.63) is 89.1 Å². The largest absolute Gasteiger partial charge is 0.497 e. The second-order valence-corrected chi connectivity index (χ2v) is 8.51. The number of hydrogen-bond acceptors (Lipinski definition) is 5. The first-order chi connectivity index (χ1) is 16.3. The Morgan fingerprint density at radius 2 is 1.44 bits per heavy atom.